The predicted molar refractivity (Wildman–Crippen MR) is 115 cm³/mol. The molecule has 0 radical (unpaired) electrons. The zero-order valence-electron chi connectivity index (χ0n) is 16.1. The molecule has 1 fully saturated rings. The third-order valence-corrected chi connectivity index (χ3v) is 5.85. The van der Waals surface area contributed by atoms with Gasteiger partial charge in [-0.05, 0) is 55.0 Å². The standard InChI is InChI=1S/C21H25N5OS/c1-12(2)18(19(13-4-3-5-13)26-21-23-8-9-28-21)25-20(27)17-11-14-10-15(22)6-7-16(14)24-17/h6-12,18,24H,3-5,22H2,1-2H3,(H,23,26)(H,25,27). The number of thiazole rings is 1. The number of benzene rings is 1. The van der Waals surface area contributed by atoms with Gasteiger partial charge in [-0.3, -0.25) is 4.79 Å². The summed E-state index contributed by atoms with van der Waals surface area (Å²) in [4.78, 5) is 20.6. The fourth-order valence-corrected chi connectivity index (χ4v) is 4.02. The number of nitrogens with two attached hydrogens (primary N) is 1. The van der Waals surface area contributed by atoms with Crippen molar-refractivity contribution in [1.29, 1.82) is 0 Å². The number of aromatic amines is 1. The maximum Gasteiger partial charge on any atom is 0.268 e. The Balaban J connectivity index is 1.60. The van der Waals surface area contributed by atoms with Gasteiger partial charge in [0.25, 0.3) is 5.91 Å². The van der Waals surface area contributed by atoms with Crippen LogP contribution in [0.25, 0.3) is 10.9 Å². The quantitative estimate of drug-likeness (QED) is 0.462. The summed E-state index contributed by atoms with van der Waals surface area (Å²) in [6.45, 7) is 4.25. The number of hydrogen-bond acceptors (Lipinski definition) is 5. The Bertz CT molecular complexity index is 1010. The minimum Gasteiger partial charge on any atom is -0.399 e. The molecule has 146 valence electrons. The molecule has 4 rings (SSSR count). The summed E-state index contributed by atoms with van der Waals surface area (Å²) >= 11 is 1.56. The largest absolute Gasteiger partial charge is 0.399 e. The van der Waals surface area contributed by atoms with E-state index in [9.17, 15) is 4.79 Å². The lowest BCUT2D eigenvalue weighted by Gasteiger charge is -2.31. The first-order valence-corrected chi connectivity index (χ1v) is 10.5. The van der Waals surface area contributed by atoms with E-state index >= 15 is 0 Å². The number of carbonyl (C=O) groups excluding carboxylic acids is 1. The van der Waals surface area contributed by atoms with Crippen molar-refractivity contribution in [3.8, 4) is 0 Å². The van der Waals surface area contributed by atoms with Crippen LogP contribution in [0, 0.1) is 5.92 Å². The van der Waals surface area contributed by atoms with E-state index in [1.165, 1.54) is 12.0 Å². The highest BCUT2D eigenvalue weighted by molar-refractivity contribution is 7.13. The first-order chi connectivity index (χ1) is 13.5. The number of nitrogens with one attached hydrogen (secondary N) is 3. The van der Waals surface area contributed by atoms with Crippen molar-refractivity contribution in [3.63, 3.8) is 0 Å². The van der Waals surface area contributed by atoms with Crippen LogP contribution in [0.1, 0.15) is 43.6 Å². The smallest absolute Gasteiger partial charge is 0.268 e. The Morgan fingerprint density at radius 3 is 2.75 bits per heavy atom. The van der Waals surface area contributed by atoms with Crippen molar-refractivity contribution in [2.45, 2.75) is 39.2 Å². The van der Waals surface area contributed by atoms with Gasteiger partial charge in [-0.2, -0.15) is 0 Å². The van der Waals surface area contributed by atoms with Crippen molar-refractivity contribution in [2.24, 2.45) is 5.92 Å². The summed E-state index contributed by atoms with van der Waals surface area (Å²) in [6, 6.07) is 7.34. The van der Waals surface area contributed by atoms with Crippen molar-refractivity contribution in [2.75, 3.05) is 11.1 Å². The number of allylic oxidation sites excluding steroid dienone is 1. The highest BCUT2D eigenvalue weighted by Gasteiger charge is 2.27. The Kier molecular flexibility index (Phi) is 5.09. The van der Waals surface area contributed by atoms with E-state index in [1.807, 2.05) is 29.6 Å². The molecule has 0 aliphatic heterocycles. The van der Waals surface area contributed by atoms with Crippen LogP contribution in [0.2, 0.25) is 0 Å². The monoisotopic (exact) mass is 395 g/mol. The van der Waals surface area contributed by atoms with E-state index in [0.717, 1.165) is 34.6 Å². The van der Waals surface area contributed by atoms with Gasteiger partial charge in [0, 0.05) is 33.9 Å². The van der Waals surface area contributed by atoms with Crippen LogP contribution in [-0.2, 0) is 0 Å². The second-order valence-electron chi connectivity index (χ2n) is 7.56. The van der Waals surface area contributed by atoms with Gasteiger partial charge < -0.3 is 21.4 Å². The Labute approximate surface area is 168 Å². The molecule has 0 saturated heterocycles. The normalized spacial score (nSPS) is 14.8. The molecule has 1 unspecified atom stereocenters. The van der Waals surface area contributed by atoms with E-state index in [0.29, 0.717) is 11.4 Å². The van der Waals surface area contributed by atoms with Crippen LogP contribution >= 0.6 is 11.3 Å². The van der Waals surface area contributed by atoms with Gasteiger partial charge in [-0.1, -0.05) is 13.8 Å². The number of nitrogen functional groups attached to an aromatic ring is 1. The second kappa shape index (κ2) is 7.67. The summed E-state index contributed by atoms with van der Waals surface area (Å²) in [6.07, 6.45) is 5.12. The molecule has 1 atom stereocenters. The molecule has 1 aromatic carbocycles. The van der Waals surface area contributed by atoms with Crippen molar-refractivity contribution < 1.29 is 4.79 Å². The molecule has 3 aromatic rings. The van der Waals surface area contributed by atoms with Crippen molar-refractivity contribution in [1.82, 2.24) is 15.3 Å². The van der Waals surface area contributed by atoms with Gasteiger partial charge in [-0.15, -0.1) is 11.3 Å². The maximum atomic E-state index is 13.0. The zero-order chi connectivity index (χ0) is 19.7. The number of fused-ring (bicyclic) bond motifs is 1. The number of aromatic nitrogens is 2. The average Bonchev–Trinajstić information content (AvgIpc) is 3.26. The minimum absolute atomic E-state index is 0.108. The predicted octanol–water partition coefficient (Wildman–Crippen LogP) is 4.51. The van der Waals surface area contributed by atoms with E-state index in [-0.39, 0.29) is 17.9 Å². The molecule has 1 aliphatic carbocycles. The molecular weight excluding hydrogens is 370 g/mol. The molecule has 0 bridgehead atoms. The number of amides is 1. The lowest BCUT2D eigenvalue weighted by Crippen LogP contribution is -2.43. The fraction of sp³-hybridized carbons (Fsp3) is 0.333. The number of rotatable bonds is 6. The molecule has 2 heterocycles. The third-order valence-electron chi connectivity index (χ3n) is 5.17. The van der Waals surface area contributed by atoms with Crippen LogP contribution in [0.4, 0.5) is 10.8 Å². The highest BCUT2D eigenvalue weighted by atomic mass is 32.1. The molecule has 2 aromatic heterocycles. The van der Waals surface area contributed by atoms with Gasteiger partial charge in [0.05, 0.1) is 6.04 Å². The summed E-state index contributed by atoms with van der Waals surface area (Å²) < 4.78 is 0. The number of anilines is 2. The SMILES string of the molecule is CC(C)C(NC(=O)c1cc2cc(N)ccc2[nH]1)C(Nc1nccs1)=C1CCC1. The van der Waals surface area contributed by atoms with Crippen molar-refractivity contribution >= 4 is 39.0 Å². The molecule has 1 saturated carbocycles. The molecule has 1 aliphatic rings. The van der Waals surface area contributed by atoms with Crippen LogP contribution in [0.15, 0.2) is 47.1 Å². The van der Waals surface area contributed by atoms with E-state index in [2.05, 4.69) is 34.4 Å². The Hall–Kier alpha value is -2.80. The summed E-state index contributed by atoms with van der Waals surface area (Å²) in [5, 5.41) is 10.4. The lowest BCUT2D eigenvalue weighted by molar-refractivity contribution is 0.0929. The number of hydrogen-bond donors (Lipinski definition) is 4. The lowest BCUT2D eigenvalue weighted by atomic mass is 9.85. The van der Waals surface area contributed by atoms with Crippen LogP contribution in [0.5, 0.6) is 0 Å². The maximum absolute atomic E-state index is 13.0. The van der Waals surface area contributed by atoms with E-state index in [1.54, 1.807) is 17.5 Å². The topological polar surface area (TPSA) is 95.8 Å². The molecule has 7 heteroatoms. The summed E-state index contributed by atoms with van der Waals surface area (Å²) in [5.41, 5.74) is 10.4. The molecular formula is C21H25N5OS. The first-order valence-electron chi connectivity index (χ1n) is 9.59. The zero-order valence-corrected chi connectivity index (χ0v) is 16.9. The van der Waals surface area contributed by atoms with Gasteiger partial charge in [0.15, 0.2) is 5.13 Å². The Morgan fingerprint density at radius 1 is 1.29 bits per heavy atom. The second-order valence-corrected chi connectivity index (χ2v) is 8.45. The average molecular weight is 396 g/mol. The molecule has 0 spiro atoms. The van der Waals surface area contributed by atoms with Crippen molar-refractivity contribution in [3.05, 3.63) is 52.8 Å². The first kappa shape index (κ1) is 18.6. The number of carbonyl (C=O) groups is 1. The number of H-pyrrole nitrogens is 1. The third kappa shape index (κ3) is 3.75. The summed E-state index contributed by atoms with van der Waals surface area (Å²) in [7, 11) is 0. The van der Waals surface area contributed by atoms with Gasteiger partial charge in [0.1, 0.15) is 5.69 Å². The fourth-order valence-electron chi connectivity index (χ4n) is 3.47. The highest BCUT2D eigenvalue weighted by Crippen LogP contribution is 2.33. The number of nitrogens with zero attached hydrogens (tertiary/aromatic N) is 1. The Morgan fingerprint density at radius 2 is 2.11 bits per heavy atom. The van der Waals surface area contributed by atoms with Gasteiger partial charge in [0.2, 0.25) is 0 Å². The molecule has 6 nitrogen and oxygen atoms in total. The minimum atomic E-state index is -0.119. The van der Waals surface area contributed by atoms with E-state index in [4.69, 9.17) is 5.73 Å². The van der Waals surface area contributed by atoms with Crippen LogP contribution < -0.4 is 16.4 Å². The van der Waals surface area contributed by atoms with Crippen LogP contribution in [0.3, 0.4) is 0 Å². The van der Waals surface area contributed by atoms with Gasteiger partial charge in [-0.25, -0.2) is 4.98 Å². The van der Waals surface area contributed by atoms with Gasteiger partial charge >= 0.3 is 0 Å². The van der Waals surface area contributed by atoms with Crippen LogP contribution in [-0.4, -0.2) is 21.9 Å². The molecule has 5 N–H and O–H groups in total. The molecule has 1 amide bonds. The van der Waals surface area contributed by atoms with E-state index < -0.39 is 0 Å². The molecule has 28 heavy (non-hydrogen) atoms. The summed E-state index contributed by atoms with van der Waals surface area (Å²) in [5.74, 6) is 0.117.